The van der Waals surface area contributed by atoms with E-state index in [2.05, 4.69) is 13.2 Å². The summed E-state index contributed by atoms with van der Waals surface area (Å²) in [4.78, 5) is 22.7. The van der Waals surface area contributed by atoms with Gasteiger partial charge in [0.25, 0.3) is 0 Å². The molecule has 0 atom stereocenters. The van der Waals surface area contributed by atoms with Crippen molar-refractivity contribution >= 4 is 11.9 Å². The van der Waals surface area contributed by atoms with Gasteiger partial charge in [-0.25, -0.2) is 9.59 Å². The van der Waals surface area contributed by atoms with Crippen LogP contribution in [0.15, 0.2) is 72.8 Å². The number of rotatable bonds is 15. The molecule has 0 aliphatic heterocycles. The molecule has 0 radical (unpaired) electrons. The second-order valence-electron chi connectivity index (χ2n) is 8.00. The number of ether oxygens (including phenoxy) is 4. The highest BCUT2D eigenvalue weighted by molar-refractivity contribution is 5.87. The first-order valence-electron chi connectivity index (χ1n) is 11.5. The molecule has 2 aromatic carbocycles. The molecular weight excluding hydrogens is 432 g/mol. The van der Waals surface area contributed by atoms with Gasteiger partial charge in [-0.1, -0.05) is 37.4 Å². The molecule has 0 N–H and O–H groups in total. The van der Waals surface area contributed by atoms with E-state index in [9.17, 15) is 9.59 Å². The Morgan fingerprint density at radius 3 is 1.68 bits per heavy atom. The van der Waals surface area contributed by atoms with Gasteiger partial charge in [0.1, 0.15) is 11.5 Å². The topological polar surface area (TPSA) is 71.1 Å². The second kappa shape index (κ2) is 14.6. The van der Waals surface area contributed by atoms with E-state index in [1.807, 2.05) is 48.5 Å². The molecule has 0 bridgehead atoms. The number of esters is 2. The van der Waals surface area contributed by atoms with Crippen LogP contribution in [0.5, 0.6) is 11.5 Å². The average molecular weight is 467 g/mol. The van der Waals surface area contributed by atoms with Crippen molar-refractivity contribution in [2.45, 2.75) is 39.5 Å². The highest BCUT2D eigenvalue weighted by Gasteiger charge is 2.05. The van der Waals surface area contributed by atoms with E-state index in [0.717, 1.165) is 48.3 Å². The van der Waals surface area contributed by atoms with Crippen molar-refractivity contribution in [3.63, 3.8) is 0 Å². The summed E-state index contributed by atoms with van der Waals surface area (Å²) in [6.07, 6.45) is 3.06. The summed E-state index contributed by atoms with van der Waals surface area (Å²) in [5, 5.41) is 0. The van der Waals surface area contributed by atoms with Crippen LogP contribution in [0.1, 0.15) is 39.5 Å². The van der Waals surface area contributed by atoms with Gasteiger partial charge in [-0.3, -0.25) is 0 Å². The van der Waals surface area contributed by atoms with Crippen molar-refractivity contribution in [1.29, 1.82) is 0 Å². The number of carbonyl (C=O) groups excluding carboxylic acids is 2. The van der Waals surface area contributed by atoms with Crippen LogP contribution in [0.25, 0.3) is 11.1 Å². The molecular formula is C28H34O6. The first-order chi connectivity index (χ1) is 16.4. The third-order valence-corrected chi connectivity index (χ3v) is 4.80. The van der Waals surface area contributed by atoms with Crippen LogP contribution in [0.2, 0.25) is 0 Å². The van der Waals surface area contributed by atoms with Gasteiger partial charge in [-0.05, 0) is 74.9 Å². The molecule has 0 amide bonds. The molecule has 0 saturated heterocycles. The van der Waals surface area contributed by atoms with Crippen molar-refractivity contribution in [3.05, 3.63) is 72.8 Å². The molecule has 0 unspecified atom stereocenters. The Kier molecular flexibility index (Phi) is 11.5. The van der Waals surface area contributed by atoms with Crippen LogP contribution in [0.3, 0.4) is 0 Å². The Bertz CT molecular complexity index is 961. The van der Waals surface area contributed by atoms with Gasteiger partial charge in [0, 0.05) is 11.1 Å². The van der Waals surface area contributed by atoms with Crippen LogP contribution in [-0.2, 0) is 19.1 Å². The molecule has 0 saturated carbocycles. The van der Waals surface area contributed by atoms with Gasteiger partial charge in [0.15, 0.2) is 0 Å². The smallest absolute Gasteiger partial charge is 0.333 e. The molecule has 6 heteroatoms. The summed E-state index contributed by atoms with van der Waals surface area (Å²) in [6, 6.07) is 15.8. The first kappa shape index (κ1) is 26.7. The molecule has 2 aromatic rings. The zero-order valence-corrected chi connectivity index (χ0v) is 20.1. The molecule has 0 spiro atoms. The van der Waals surface area contributed by atoms with E-state index in [4.69, 9.17) is 18.9 Å². The van der Waals surface area contributed by atoms with Crippen molar-refractivity contribution in [2.75, 3.05) is 26.4 Å². The number of hydrogen-bond acceptors (Lipinski definition) is 6. The van der Waals surface area contributed by atoms with Gasteiger partial charge < -0.3 is 18.9 Å². The quantitative estimate of drug-likeness (QED) is 0.185. The van der Waals surface area contributed by atoms with Crippen molar-refractivity contribution in [2.24, 2.45) is 0 Å². The SMILES string of the molecule is C=C(C)C(=O)OCCCCOc1ccc(-c2cccc(OCCCCOC(=O)C(=C)C)c2)cc1. The minimum Gasteiger partial charge on any atom is -0.494 e. The zero-order valence-electron chi connectivity index (χ0n) is 20.1. The maximum absolute atomic E-state index is 11.3. The Hall–Kier alpha value is -3.54. The van der Waals surface area contributed by atoms with Gasteiger partial charge in [0.2, 0.25) is 0 Å². The van der Waals surface area contributed by atoms with Gasteiger partial charge in [-0.15, -0.1) is 0 Å². The lowest BCUT2D eigenvalue weighted by molar-refractivity contribution is -0.139. The summed E-state index contributed by atoms with van der Waals surface area (Å²) in [7, 11) is 0. The van der Waals surface area contributed by atoms with Crippen LogP contribution in [0, 0.1) is 0 Å². The molecule has 0 aliphatic rings. The molecule has 0 heterocycles. The Balaban J connectivity index is 1.70. The molecule has 2 rings (SSSR count). The van der Waals surface area contributed by atoms with E-state index < -0.39 is 0 Å². The molecule has 0 aromatic heterocycles. The van der Waals surface area contributed by atoms with E-state index in [1.165, 1.54) is 0 Å². The van der Waals surface area contributed by atoms with Gasteiger partial charge in [0.05, 0.1) is 26.4 Å². The van der Waals surface area contributed by atoms with Crippen molar-refractivity contribution in [1.82, 2.24) is 0 Å². The summed E-state index contributed by atoms with van der Waals surface area (Å²) in [5.41, 5.74) is 2.94. The Morgan fingerprint density at radius 2 is 1.15 bits per heavy atom. The normalized spacial score (nSPS) is 10.3. The van der Waals surface area contributed by atoms with Crippen molar-refractivity contribution < 1.29 is 28.5 Å². The summed E-state index contributed by atoms with van der Waals surface area (Å²) >= 11 is 0. The van der Waals surface area contributed by atoms with Crippen LogP contribution in [-0.4, -0.2) is 38.4 Å². The molecule has 34 heavy (non-hydrogen) atoms. The largest absolute Gasteiger partial charge is 0.494 e. The minimum absolute atomic E-state index is 0.354. The maximum Gasteiger partial charge on any atom is 0.333 e. The second-order valence-corrected chi connectivity index (χ2v) is 8.00. The lowest BCUT2D eigenvalue weighted by Crippen LogP contribution is -2.07. The van der Waals surface area contributed by atoms with Crippen LogP contribution in [0.4, 0.5) is 0 Å². The fourth-order valence-corrected chi connectivity index (χ4v) is 2.87. The van der Waals surface area contributed by atoms with E-state index >= 15 is 0 Å². The molecule has 0 aliphatic carbocycles. The number of benzene rings is 2. The first-order valence-corrected chi connectivity index (χ1v) is 11.5. The summed E-state index contributed by atoms with van der Waals surface area (Å²) < 4.78 is 21.7. The third kappa shape index (κ3) is 9.94. The fraction of sp³-hybridized carbons (Fsp3) is 0.357. The third-order valence-electron chi connectivity index (χ3n) is 4.80. The van der Waals surface area contributed by atoms with Crippen LogP contribution < -0.4 is 9.47 Å². The minimum atomic E-state index is -0.355. The number of unbranched alkanes of at least 4 members (excludes halogenated alkanes) is 2. The zero-order chi connectivity index (χ0) is 24.8. The predicted molar refractivity (Wildman–Crippen MR) is 133 cm³/mol. The highest BCUT2D eigenvalue weighted by Crippen LogP contribution is 2.26. The van der Waals surface area contributed by atoms with E-state index in [-0.39, 0.29) is 11.9 Å². The highest BCUT2D eigenvalue weighted by atomic mass is 16.5. The maximum atomic E-state index is 11.3. The molecule has 6 nitrogen and oxygen atoms in total. The number of hydrogen-bond donors (Lipinski definition) is 0. The summed E-state index contributed by atoms with van der Waals surface area (Å²) in [5.74, 6) is 0.880. The lowest BCUT2D eigenvalue weighted by Gasteiger charge is -2.10. The lowest BCUT2D eigenvalue weighted by atomic mass is 10.1. The Morgan fingerprint density at radius 1 is 0.647 bits per heavy atom. The molecule has 0 fully saturated rings. The van der Waals surface area contributed by atoms with Crippen molar-refractivity contribution in [3.8, 4) is 22.6 Å². The standard InChI is InChI=1S/C28H34O6/c1-21(2)27(29)33-18-7-5-16-31-25-14-12-23(13-15-25)24-10-9-11-26(20-24)32-17-6-8-19-34-28(30)22(3)4/h9-15,20H,1,3,5-8,16-19H2,2,4H3. The number of carbonyl (C=O) groups is 2. The van der Waals surface area contributed by atoms with E-state index in [1.54, 1.807) is 13.8 Å². The van der Waals surface area contributed by atoms with E-state index in [0.29, 0.717) is 37.6 Å². The fourth-order valence-electron chi connectivity index (χ4n) is 2.87. The average Bonchev–Trinajstić information content (AvgIpc) is 2.83. The molecule has 182 valence electrons. The van der Waals surface area contributed by atoms with Gasteiger partial charge in [-0.2, -0.15) is 0 Å². The van der Waals surface area contributed by atoms with Gasteiger partial charge >= 0.3 is 11.9 Å². The predicted octanol–water partition coefficient (Wildman–Crippen LogP) is 5.91. The monoisotopic (exact) mass is 466 g/mol. The van der Waals surface area contributed by atoms with Crippen LogP contribution >= 0.6 is 0 Å². The Labute approximate surface area is 202 Å². The summed E-state index contributed by atoms with van der Waals surface area (Å²) in [6.45, 7) is 12.2.